The van der Waals surface area contributed by atoms with E-state index in [1.54, 1.807) is 24.3 Å². The first-order valence-corrected chi connectivity index (χ1v) is 36.6. The third-order valence-electron chi connectivity index (χ3n) is 13.5. The molecule has 38 nitrogen and oxygen atoms in total. The number of phenolic OH excluding ortho intramolecular Hbond substituents is 2. The predicted molar refractivity (Wildman–Crippen MR) is 351 cm³/mol. The van der Waals surface area contributed by atoms with Crippen LogP contribution in [0.25, 0.3) is 21.5 Å². The van der Waals surface area contributed by atoms with Crippen LogP contribution in [0.5, 0.6) is 11.5 Å². The number of aromatic nitrogens is 6. The van der Waals surface area contributed by atoms with Crippen LogP contribution in [0.4, 0.5) is 92.0 Å². The van der Waals surface area contributed by atoms with Gasteiger partial charge >= 0.3 is 29.6 Å². The van der Waals surface area contributed by atoms with Crippen LogP contribution in [-0.4, -0.2) is 118 Å². The number of benzene rings is 9. The second-order valence-corrected chi connectivity index (χ2v) is 29.2. The molecule has 0 atom stereocenters. The number of phenols is 2. The molecule has 11 rings (SSSR count). The van der Waals surface area contributed by atoms with Gasteiger partial charge < -0.3 is 58.8 Å². The zero-order valence-electron chi connectivity index (χ0n) is 50.7. The van der Waals surface area contributed by atoms with Crippen molar-refractivity contribution in [3.8, 4) is 11.5 Å². The van der Waals surface area contributed by atoms with Gasteiger partial charge in [0.15, 0.2) is 11.5 Å². The molecule has 0 spiro atoms. The quantitative estimate of drug-likeness (QED) is 0.0212. The van der Waals surface area contributed by atoms with E-state index in [1.807, 2.05) is 0 Å². The largest absolute Gasteiger partial charge is 1.00 e. The van der Waals surface area contributed by atoms with Gasteiger partial charge in [0.25, 0.3) is 0 Å². The Balaban J connectivity index is 0.0000114. The Morgan fingerprint density at radius 2 is 0.602 bits per heavy atom. The van der Waals surface area contributed by atoms with Crippen LogP contribution in [0.3, 0.4) is 0 Å². The number of fused-ring (bicyclic) bond motifs is 2. The second-order valence-electron chi connectivity index (χ2n) is 20.4. The Hall–Kier alpha value is -10.2. The molecule has 9 aromatic carbocycles. The Morgan fingerprint density at radius 3 is 0.913 bits per heavy atom. The molecule has 0 aliphatic carbocycles. The predicted octanol–water partition coefficient (Wildman–Crippen LogP) is 8.15. The minimum absolute atomic E-state index is 0. The van der Waals surface area contributed by atoms with Crippen LogP contribution in [-0.2, 0) is 60.7 Å². The van der Waals surface area contributed by atoms with Crippen molar-refractivity contribution in [2.45, 2.75) is 29.4 Å². The summed E-state index contributed by atoms with van der Waals surface area (Å²) in [6.07, 6.45) is 0. The summed E-state index contributed by atoms with van der Waals surface area (Å²) in [5.74, 6) is -2.37. The number of hydrogen-bond donors (Lipinski definition) is 6. The molecule has 0 saturated carbocycles. The summed E-state index contributed by atoms with van der Waals surface area (Å²) in [6.45, 7) is 0. The van der Waals surface area contributed by atoms with E-state index < -0.39 is 124 Å². The molecule has 0 amide bonds. The summed E-state index contributed by atoms with van der Waals surface area (Å²) in [5.41, 5.74) is -2.61. The van der Waals surface area contributed by atoms with E-state index in [9.17, 15) is 88.0 Å². The molecule has 0 fully saturated rings. The summed E-state index contributed by atoms with van der Waals surface area (Å²) in [4.78, 5) is 19.5. The monoisotopic (exact) mass is 1560 g/mol. The zero-order valence-corrected chi connectivity index (χ0v) is 59.1. The SMILES string of the molecule is O=S(=O)([O-])c1ccc(N=Nc2ccc(N=Nc3c(S(=O)(=O)[O-])cc4cc(Nc5nc(Cl)nc(Nc6ccc(Nc7nc(Cl)nc(Nc8ccc9c(O)c(N=Nc%10ccc(N=Nc%11ccc(S(=O)(=O)[O-])cc%11)cc%10S(=O)(=O)[O-])c(S(=O)(=O)[O-])cc9c8)n7)cc6)n5)ccc4c3O)c(S(=O)(=O)[O-])c2)cc1.[Na+]. The maximum atomic E-state index is 12.6. The van der Waals surface area contributed by atoms with Crippen LogP contribution in [0.2, 0.25) is 10.6 Å². The van der Waals surface area contributed by atoms with E-state index >= 15 is 0 Å². The van der Waals surface area contributed by atoms with Gasteiger partial charge in [0.2, 0.25) is 34.4 Å². The Morgan fingerprint density at radius 1 is 0.311 bits per heavy atom. The van der Waals surface area contributed by atoms with Gasteiger partial charge in [-0.15, -0.1) is 20.5 Å². The molecule has 103 heavy (non-hydrogen) atoms. The number of aromatic hydroxyl groups is 2. The molecule has 0 aliphatic rings. The van der Waals surface area contributed by atoms with Gasteiger partial charge in [-0.25, -0.2) is 50.5 Å². The zero-order chi connectivity index (χ0) is 73.4. The van der Waals surface area contributed by atoms with Crippen molar-refractivity contribution in [1.82, 2.24) is 29.9 Å². The van der Waals surface area contributed by atoms with E-state index in [2.05, 4.69) is 92.1 Å². The fourth-order valence-electron chi connectivity index (χ4n) is 9.00. The van der Waals surface area contributed by atoms with Crippen molar-refractivity contribution in [3.05, 3.63) is 168 Å². The normalized spacial score (nSPS) is 12.6. The van der Waals surface area contributed by atoms with Crippen LogP contribution in [0, 0.1) is 0 Å². The van der Waals surface area contributed by atoms with Gasteiger partial charge in [0.1, 0.15) is 83.5 Å². The molecule has 11 aromatic rings. The summed E-state index contributed by atoms with van der Waals surface area (Å²) in [5, 5.41) is 63.2. The van der Waals surface area contributed by atoms with E-state index in [0.29, 0.717) is 11.4 Å². The van der Waals surface area contributed by atoms with E-state index in [0.717, 1.165) is 97.1 Å². The second kappa shape index (κ2) is 29.6. The number of rotatable bonds is 22. The Bertz CT molecular complexity index is 5780. The standard InChI is InChI=1S/C56H38Cl2N18O20S6.Na/c57-51-63-53(67-55(65-51)61-33-9-17-39-27(21-33)23-45(101(91,92)93)47(49(39)77)75-73-41-19-11-35(25-43(41)99(85,86)87)71-69-31-5-13-37(14-6-31)97(79,80)81)59-29-1-2-30(4-3-29)60-54-64-52(58)66-56(68-54)62-34-10-18-40-28(22-34)24-46(102(94,95)96)48(50(40)78)76-74-42-20-12-36(26-44(42)100(88,89)90)72-70-32-7-15-38(16-8-32)98(82,83)84;/h1-26,77-78H,(H,79,80,81)(H,82,83,84)(H,85,86,87)(H,88,89,90)(H,91,92,93)(H,94,95,96)(H2,59,61,63,65,67)(H2,60,62,64,66,68);/q;+1/p-6. The van der Waals surface area contributed by atoms with Crippen LogP contribution in [0.15, 0.2) is 228 Å². The number of nitrogens with one attached hydrogen (secondary N) is 4. The van der Waals surface area contributed by atoms with E-state index in [-0.39, 0.29) is 120 Å². The fraction of sp³-hybridized carbons (Fsp3) is 0. The van der Waals surface area contributed by atoms with E-state index in [1.165, 1.54) is 36.4 Å². The van der Waals surface area contributed by atoms with Crippen molar-refractivity contribution in [2.24, 2.45) is 40.9 Å². The van der Waals surface area contributed by atoms with E-state index in [4.69, 9.17) is 23.2 Å². The number of anilines is 8. The average Bonchev–Trinajstić information content (AvgIpc) is 0.767. The molecular weight excluding hydrogens is 1530 g/mol. The third-order valence-corrected chi connectivity index (χ3v) is 19.0. The molecule has 0 radical (unpaired) electrons. The van der Waals surface area contributed by atoms with Crippen molar-refractivity contribution in [2.75, 3.05) is 21.3 Å². The molecular formula is C56H32Cl2N18NaO20S6-5. The fourth-order valence-corrected chi connectivity index (χ4v) is 12.8. The van der Waals surface area contributed by atoms with Crippen molar-refractivity contribution < 1.29 is 118 Å². The van der Waals surface area contributed by atoms with Gasteiger partial charge in [-0.3, -0.25) is 0 Å². The van der Waals surface area contributed by atoms with Crippen LogP contribution < -0.4 is 50.8 Å². The Kier molecular flexibility index (Phi) is 21.7. The maximum absolute atomic E-state index is 12.6. The van der Waals surface area contributed by atoms with Gasteiger partial charge in [-0.2, -0.15) is 50.4 Å². The van der Waals surface area contributed by atoms with Gasteiger partial charge in [0, 0.05) is 33.5 Å². The first-order valence-electron chi connectivity index (χ1n) is 27.4. The Labute approximate surface area is 611 Å². The summed E-state index contributed by atoms with van der Waals surface area (Å²) in [7, 11) is -31.3. The summed E-state index contributed by atoms with van der Waals surface area (Å²) >= 11 is 12.5. The van der Waals surface area contributed by atoms with Crippen molar-refractivity contribution in [3.63, 3.8) is 0 Å². The molecule has 0 aliphatic heterocycles. The minimum Gasteiger partial charge on any atom is -0.744 e. The molecule has 2 heterocycles. The average molecular weight is 1560 g/mol. The van der Waals surface area contributed by atoms with Crippen molar-refractivity contribution >= 4 is 197 Å². The maximum Gasteiger partial charge on any atom is 1.00 e. The molecule has 522 valence electrons. The molecule has 2 aromatic heterocycles. The minimum atomic E-state index is -5.49. The molecule has 6 N–H and O–H groups in total. The van der Waals surface area contributed by atoms with Gasteiger partial charge in [-0.1, -0.05) is 0 Å². The number of halogens is 2. The topological polar surface area (TPSA) is 608 Å². The smallest absolute Gasteiger partial charge is 0.744 e. The molecule has 47 heteroatoms. The summed E-state index contributed by atoms with van der Waals surface area (Å²) in [6, 6.07) is 29.6. The van der Waals surface area contributed by atoms with Gasteiger partial charge in [-0.05, 0) is 192 Å². The van der Waals surface area contributed by atoms with Crippen molar-refractivity contribution in [1.29, 1.82) is 0 Å². The summed E-state index contributed by atoms with van der Waals surface area (Å²) < 4.78 is 217. The third kappa shape index (κ3) is 18.5. The van der Waals surface area contributed by atoms with Crippen LogP contribution in [0.1, 0.15) is 0 Å². The first-order chi connectivity index (χ1) is 47.9. The number of azo groups is 4. The molecule has 0 bridgehead atoms. The molecule has 0 unspecified atom stereocenters. The number of hydrogen-bond acceptors (Lipinski definition) is 38. The molecule has 0 saturated heterocycles. The van der Waals surface area contributed by atoms with Crippen LogP contribution >= 0.6 is 23.2 Å². The number of nitrogens with zero attached hydrogens (tertiary/aromatic N) is 14. The first kappa shape index (κ1) is 75.4. The van der Waals surface area contributed by atoms with Gasteiger partial charge in [0.05, 0.1) is 52.1 Å².